The average Bonchev–Trinajstić information content (AvgIpc) is 2.54. The smallest absolute Gasteiger partial charge is 0.311 e. The number of primary sulfonamides is 1. The Kier molecular flexibility index (Phi) is 6.33. The molecule has 0 aliphatic rings. The standard InChI is InChI=1S/C15H22N2O6S/c1-4-15(5-2,14(19)20)9-17-13(18)11-8-10(24(16,21)22)6-7-12(11)23-3/h6-8H,4-5,9H2,1-3H3,(H,17,18)(H,19,20)(H2,16,21,22). The molecule has 8 nitrogen and oxygen atoms in total. The van der Waals surface area contributed by atoms with Crippen molar-refractivity contribution in [3.8, 4) is 5.75 Å². The van der Waals surface area contributed by atoms with E-state index in [1.165, 1.54) is 19.2 Å². The molecule has 1 aromatic rings. The monoisotopic (exact) mass is 358 g/mol. The van der Waals surface area contributed by atoms with Crippen LogP contribution in [0.15, 0.2) is 23.1 Å². The minimum absolute atomic E-state index is 0.0319. The van der Waals surface area contributed by atoms with Crippen molar-refractivity contribution in [2.75, 3.05) is 13.7 Å². The van der Waals surface area contributed by atoms with Crippen LogP contribution in [0.2, 0.25) is 0 Å². The number of aliphatic carboxylic acids is 1. The molecule has 0 saturated heterocycles. The fraction of sp³-hybridized carbons (Fsp3) is 0.467. The molecule has 134 valence electrons. The van der Waals surface area contributed by atoms with Crippen LogP contribution >= 0.6 is 0 Å². The summed E-state index contributed by atoms with van der Waals surface area (Å²) in [5.41, 5.74) is -1.11. The van der Waals surface area contributed by atoms with Crippen LogP contribution in [-0.4, -0.2) is 39.1 Å². The molecule has 0 unspecified atom stereocenters. The van der Waals surface area contributed by atoms with E-state index >= 15 is 0 Å². The van der Waals surface area contributed by atoms with Crippen LogP contribution in [0.1, 0.15) is 37.0 Å². The van der Waals surface area contributed by atoms with E-state index in [1.54, 1.807) is 13.8 Å². The van der Waals surface area contributed by atoms with E-state index in [1.807, 2.05) is 0 Å². The first kappa shape index (κ1) is 19.9. The molecule has 0 bridgehead atoms. The summed E-state index contributed by atoms with van der Waals surface area (Å²) >= 11 is 0. The Morgan fingerprint density at radius 2 is 1.88 bits per heavy atom. The van der Waals surface area contributed by atoms with E-state index in [0.717, 1.165) is 6.07 Å². The molecule has 4 N–H and O–H groups in total. The lowest BCUT2D eigenvalue weighted by Crippen LogP contribution is -2.42. The van der Waals surface area contributed by atoms with Gasteiger partial charge < -0.3 is 15.2 Å². The number of hydrogen-bond donors (Lipinski definition) is 3. The molecular formula is C15H22N2O6S. The van der Waals surface area contributed by atoms with Gasteiger partial charge in [0, 0.05) is 6.54 Å². The second kappa shape index (κ2) is 7.63. The number of sulfonamides is 1. The largest absolute Gasteiger partial charge is 0.496 e. The summed E-state index contributed by atoms with van der Waals surface area (Å²) in [7, 11) is -2.64. The highest BCUT2D eigenvalue weighted by atomic mass is 32.2. The zero-order chi connectivity index (χ0) is 18.5. The number of benzene rings is 1. The molecule has 0 spiro atoms. The molecule has 0 fully saturated rings. The zero-order valence-electron chi connectivity index (χ0n) is 13.8. The van der Waals surface area contributed by atoms with Gasteiger partial charge in [-0.3, -0.25) is 9.59 Å². The van der Waals surface area contributed by atoms with Gasteiger partial charge >= 0.3 is 5.97 Å². The molecular weight excluding hydrogens is 336 g/mol. The quantitative estimate of drug-likeness (QED) is 0.633. The number of carboxylic acid groups (broad SMARTS) is 1. The predicted octanol–water partition coefficient (Wildman–Crippen LogP) is 0.963. The highest BCUT2D eigenvalue weighted by molar-refractivity contribution is 7.89. The molecule has 0 aliphatic carbocycles. The van der Waals surface area contributed by atoms with Gasteiger partial charge in [-0.1, -0.05) is 13.8 Å². The van der Waals surface area contributed by atoms with E-state index in [9.17, 15) is 23.1 Å². The number of methoxy groups -OCH3 is 1. The van der Waals surface area contributed by atoms with Crippen molar-refractivity contribution < 1.29 is 27.9 Å². The number of carbonyl (C=O) groups is 2. The van der Waals surface area contributed by atoms with Gasteiger partial charge in [-0.05, 0) is 31.0 Å². The summed E-state index contributed by atoms with van der Waals surface area (Å²) in [5, 5.41) is 17.0. The van der Waals surface area contributed by atoms with Crippen LogP contribution in [-0.2, 0) is 14.8 Å². The number of rotatable bonds is 8. The van der Waals surface area contributed by atoms with Gasteiger partial charge in [0.1, 0.15) is 5.75 Å². The Labute approximate surface area is 141 Å². The third-order valence-electron chi connectivity index (χ3n) is 4.14. The van der Waals surface area contributed by atoms with E-state index < -0.39 is 27.3 Å². The van der Waals surface area contributed by atoms with Crippen molar-refractivity contribution in [2.24, 2.45) is 10.6 Å². The van der Waals surface area contributed by atoms with Crippen LogP contribution < -0.4 is 15.2 Å². The molecule has 0 radical (unpaired) electrons. The van der Waals surface area contributed by atoms with Crippen LogP contribution in [0, 0.1) is 5.41 Å². The molecule has 0 aromatic heterocycles. The van der Waals surface area contributed by atoms with Gasteiger partial charge in [-0.2, -0.15) is 0 Å². The lowest BCUT2D eigenvalue weighted by atomic mass is 9.82. The number of amides is 1. The Balaban J connectivity index is 3.13. The van der Waals surface area contributed by atoms with E-state index in [0.29, 0.717) is 12.8 Å². The third-order valence-corrected chi connectivity index (χ3v) is 5.05. The molecule has 1 aromatic carbocycles. The minimum atomic E-state index is -3.98. The van der Waals surface area contributed by atoms with Crippen LogP contribution in [0.4, 0.5) is 0 Å². The fourth-order valence-electron chi connectivity index (χ4n) is 2.26. The van der Waals surface area contributed by atoms with Gasteiger partial charge in [0.05, 0.1) is 23.0 Å². The number of carbonyl (C=O) groups excluding carboxylic acids is 1. The average molecular weight is 358 g/mol. The topological polar surface area (TPSA) is 136 Å². The highest BCUT2D eigenvalue weighted by Gasteiger charge is 2.35. The Hall–Kier alpha value is -2.13. The van der Waals surface area contributed by atoms with E-state index in [2.05, 4.69) is 5.32 Å². The maximum atomic E-state index is 12.4. The lowest BCUT2D eigenvalue weighted by molar-refractivity contribution is -0.149. The Morgan fingerprint density at radius 3 is 2.29 bits per heavy atom. The predicted molar refractivity (Wildman–Crippen MR) is 87.4 cm³/mol. The van der Waals surface area contributed by atoms with Crippen molar-refractivity contribution >= 4 is 21.9 Å². The zero-order valence-corrected chi connectivity index (χ0v) is 14.6. The SMILES string of the molecule is CCC(CC)(CNC(=O)c1cc(S(N)(=O)=O)ccc1OC)C(=O)O. The lowest BCUT2D eigenvalue weighted by Gasteiger charge is -2.27. The summed E-state index contributed by atoms with van der Waals surface area (Å²) in [4.78, 5) is 23.6. The molecule has 24 heavy (non-hydrogen) atoms. The minimum Gasteiger partial charge on any atom is -0.496 e. The third kappa shape index (κ3) is 4.24. The normalized spacial score (nSPS) is 11.8. The van der Waals surface area contributed by atoms with Crippen molar-refractivity contribution in [2.45, 2.75) is 31.6 Å². The van der Waals surface area contributed by atoms with Crippen LogP contribution in [0.5, 0.6) is 5.75 Å². The van der Waals surface area contributed by atoms with Crippen molar-refractivity contribution in [3.63, 3.8) is 0 Å². The number of nitrogens with one attached hydrogen (secondary N) is 1. The number of carboxylic acids is 1. The summed E-state index contributed by atoms with van der Waals surface area (Å²) in [6.45, 7) is 3.37. The number of hydrogen-bond acceptors (Lipinski definition) is 5. The Bertz CT molecular complexity index is 725. The first-order chi connectivity index (χ1) is 11.1. The van der Waals surface area contributed by atoms with Crippen LogP contribution in [0.3, 0.4) is 0 Å². The fourth-order valence-corrected chi connectivity index (χ4v) is 2.80. The van der Waals surface area contributed by atoms with Gasteiger partial charge in [-0.15, -0.1) is 0 Å². The number of ether oxygens (including phenoxy) is 1. The maximum absolute atomic E-state index is 12.4. The Morgan fingerprint density at radius 1 is 1.29 bits per heavy atom. The summed E-state index contributed by atoms with van der Waals surface area (Å²) in [5.74, 6) is -1.48. The second-order valence-corrected chi connectivity index (χ2v) is 6.94. The van der Waals surface area contributed by atoms with Crippen LogP contribution in [0.25, 0.3) is 0 Å². The maximum Gasteiger partial charge on any atom is 0.311 e. The van der Waals surface area contributed by atoms with Gasteiger partial charge in [0.25, 0.3) is 5.91 Å². The van der Waals surface area contributed by atoms with Crippen molar-refractivity contribution in [1.82, 2.24) is 5.32 Å². The van der Waals surface area contributed by atoms with Gasteiger partial charge in [0.2, 0.25) is 10.0 Å². The summed E-state index contributed by atoms with van der Waals surface area (Å²) < 4.78 is 27.9. The van der Waals surface area contributed by atoms with Gasteiger partial charge in [-0.25, -0.2) is 13.6 Å². The first-order valence-corrected chi connectivity index (χ1v) is 8.88. The van der Waals surface area contributed by atoms with Crippen molar-refractivity contribution in [1.29, 1.82) is 0 Å². The molecule has 9 heteroatoms. The van der Waals surface area contributed by atoms with Gasteiger partial charge in [0.15, 0.2) is 0 Å². The molecule has 0 atom stereocenters. The molecule has 0 heterocycles. The molecule has 0 saturated carbocycles. The van der Waals surface area contributed by atoms with E-state index in [4.69, 9.17) is 9.88 Å². The van der Waals surface area contributed by atoms with E-state index in [-0.39, 0.29) is 22.8 Å². The summed E-state index contributed by atoms with van der Waals surface area (Å²) in [6, 6.07) is 3.65. The molecule has 1 rings (SSSR count). The highest BCUT2D eigenvalue weighted by Crippen LogP contribution is 2.27. The molecule has 1 amide bonds. The number of nitrogens with two attached hydrogens (primary N) is 1. The molecule has 0 aliphatic heterocycles. The second-order valence-electron chi connectivity index (χ2n) is 5.38. The van der Waals surface area contributed by atoms with Crippen molar-refractivity contribution in [3.05, 3.63) is 23.8 Å². The summed E-state index contributed by atoms with van der Waals surface area (Å²) in [6.07, 6.45) is 0.681. The first-order valence-electron chi connectivity index (χ1n) is 7.33.